The quantitative estimate of drug-likeness (QED) is 0.216. The van der Waals surface area contributed by atoms with Crippen LogP contribution in [0.3, 0.4) is 0 Å². The highest BCUT2D eigenvalue weighted by molar-refractivity contribution is 7.70. The maximum absolute atomic E-state index is 11.0. The standard InChI is InChI=1S/C20H33O4P/c1-2-3-4-5-6-7-8-9-10-11-12-13-14-15-16-17-18-19-20(21)25(22,23)24/h6-7,9-10,12-13,15-16H,2-5,8,11,14,17-19H2,1H3,(H2,22,23,24)/b7-6-,10-9-,13-12-,16-15-. The van der Waals surface area contributed by atoms with Gasteiger partial charge in [0.2, 0.25) is 5.52 Å². The van der Waals surface area contributed by atoms with Crippen molar-refractivity contribution in [3.63, 3.8) is 0 Å². The Morgan fingerprint density at radius 2 is 1.20 bits per heavy atom. The first-order chi connectivity index (χ1) is 12.0. The van der Waals surface area contributed by atoms with Gasteiger partial charge in [-0.05, 0) is 44.9 Å². The fraction of sp³-hybridized carbons (Fsp3) is 0.550. The highest BCUT2D eigenvalue weighted by Gasteiger charge is 2.23. The predicted molar refractivity (Wildman–Crippen MR) is 105 cm³/mol. The van der Waals surface area contributed by atoms with E-state index in [0.29, 0.717) is 12.8 Å². The number of hydrogen-bond acceptors (Lipinski definition) is 2. The molecule has 0 aliphatic rings. The molecule has 0 unspecified atom stereocenters. The zero-order valence-corrected chi connectivity index (χ0v) is 16.2. The Morgan fingerprint density at radius 3 is 1.64 bits per heavy atom. The molecule has 0 radical (unpaired) electrons. The monoisotopic (exact) mass is 368 g/mol. The van der Waals surface area contributed by atoms with E-state index in [0.717, 1.165) is 19.3 Å². The summed E-state index contributed by atoms with van der Waals surface area (Å²) in [6, 6.07) is 0. The van der Waals surface area contributed by atoms with E-state index in [4.69, 9.17) is 9.79 Å². The Kier molecular flexibility index (Phi) is 15.5. The molecule has 0 saturated heterocycles. The second-order valence-corrected chi connectivity index (χ2v) is 7.51. The zero-order chi connectivity index (χ0) is 18.8. The third kappa shape index (κ3) is 17.4. The first-order valence-corrected chi connectivity index (χ1v) is 10.8. The van der Waals surface area contributed by atoms with Crippen molar-refractivity contribution < 1.29 is 19.1 Å². The smallest absolute Gasteiger partial charge is 0.319 e. The lowest BCUT2D eigenvalue weighted by Crippen LogP contribution is -1.97. The summed E-state index contributed by atoms with van der Waals surface area (Å²) in [7, 11) is -4.53. The number of carbonyl (C=O) groups is 1. The van der Waals surface area contributed by atoms with Gasteiger partial charge in [-0.1, -0.05) is 68.4 Å². The molecule has 4 nitrogen and oxygen atoms in total. The molecule has 0 aliphatic heterocycles. The average molecular weight is 368 g/mol. The van der Waals surface area contributed by atoms with Crippen molar-refractivity contribution in [2.75, 3.05) is 0 Å². The summed E-state index contributed by atoms with van der Waals surface area (Å²) in [5.74, 6) is 0. The number of hydrogen-bond donors (Lipinski definition) is 2. The Balaban J connectivity index is 3.55. The maximum atomic E-state index is 11.0. The molecule has 0 saturated carbocycles. The summed E-state index contributed by atoms with van der Waals surface area (Å²) in [6.45, 7) is 2.22. The van der Waals surface area contributed by atoms with Crippen LogP contribution in [0.15, 0.2) is 48.6 Å². The zero-order valence-electron chi connectivity index (χ0n) is 15.3. The van der Waals surface area contributed by atoms with Gasteiger partial charge < -0.3 is 9.79 Å². The molecule has 0 aromatic heterocycles. The molecule has 0 fully saturated rings. The van der Waals surface area contributed by atoms with Gasteiger partial charge in [0.15, 0.2) is 0 Å². The minimum Gasteiger partial charge on any atom is -0.319 e. The van der Waals surface area contributed by atoms with E-state index in [1.165, 1.54) is 25.7 Å². The van der Waals surface area contributed by atoms with E-state index in [2.05, 4.69) is 43.4 Å². The molecular formula is C20H33O4P. The molecular weight excluding hydrogens is 335 g/mol. The Labute approximate surface area is 152 Å². The molecule has 0 amide bonds. The van der Waals surface area contributed by atoms with Crippen molar-refractivity contribution in [1.29, 1.82) is 0 Å². The van der Waals surface area contributed by atoms with Gasteiger partial charge in [0, 0.05) is 6.42 Å². The predicted octanol–water partition coefficient (Wildman–Crippen LogP) is 5.84. The number of rotatable bonds is 15. The summed E-state index contributed by atoms with van der Waals surface area (Å²) < 4.78 is 10.6. The second kappa shape index (κ2) is 16.3. The van der Waals surface area contributed by atoms with Crippen molar-refractivity contribution in [3.05, 3.63) is 48.6 Å². The summed E-state index contributed by atoms with van der Waals surface area (Å²) in [5.41, 5.74) is -0.969. The number of carbonyl (C=O) groups excluding carboxylic acids is 1. The van der Waals surface area contributed by atoms with E-state index < -0.39 is 13.1 Å². The van der Waals surface area contributed by atoms with Crippen LogP contribution in [0.4, 0.5) is 0 Å². The van der Waals surface area contributed by atoms with Crippen molar-refractivity contribution in [2.24, 2.45) is 0 Å². The van der Waals surface area contributed by atoms with E-state index in [-0.39, 0.29) is 6.42 Å². The lowest BCUT2D eigenvalue weighted by Gasteiger charge is -2.00. The molecule has 0 atom stereocenters. The SMILES string of the molecule is CCCCC/C=C\C/C=C\C/C=C\C/C=C\CCCC(=O)P(=O)(O)O. The van der Waals surface area contributed by atoms with E-state index in [9.17, 15) is 9.36 Å². The normalized spacial score (nSPS) is 13.1. The fourth-order valence-corrected chi connectivity index (χ4v) is 2.53. The molecule has 0 aliphatic carbocycles. The fourth-order valence-electron chi connectivity index (χ4n) is 2.08. The highest BCUT2D eigenvalue weighted by atomic mass is 31.2. The van der Waals surface area contributed by atoms with E-state index >= 15 is 0 Å². The van der Waals surface area contributed by atoms with E-state index in [1.807, 2.05) is 12.2 Å². The van der Waals surface area contributed by atoms with Gasteiger partial charge in [-0.3, -0.25) is 9.36 Å². The number of unbranched alkanes of at least 4 members (excludes halogenated alkanes) is 4. The molecule has 2 N–H and O–H groups in total. The van der Waals surface area contributed by atoms with Gasteiger partial charge in [-0.15, -0.1) is 0 Å². The van der Waals surface area contributed by atoms with Gasteiger partial charge in [0.25, 0.3) is 0 Å². The first-order valence-electron chi connectivity index (χ1n) is 9.17. The van der Waals surface area contributed by atoms with Gasteiger partial charge in [-0.25, -0.2) is 0 Å². The van der Waals surface area contributed by atoms with Crippen LogP contribution in [0.2, 0.25) is 0 Å². The van der Waals surface area contributed by atoms with Gasteiger partial charge >= 0.3 is 7.60 Å². The topological polar surface area (TPSA) is 74.6 Å². The van der Waals surface area contributed by atoms with Crippen LogP contribution in [0.1, 0.15) is 71.1 Å². The first kappa shape index (κ1) is 23.8. The molecule has 0 bridgehead atoms. The minimum absolute atomic E-state index is 0.0672. The van der Waals surface area contributed by atoms with Crippen LogP contribution in [-0.2, 0) is 9.36 Å². The molecule has 0 aromatic rings. The molecule has 0 aromatic carbocycles. The van der Waals surface area contributed by atoms with Crippen LogP contribution >= 0.6 is 7.60 Å². The minimum atomic E-state index is -4.53. The lowest BCUT2D eigenvalue weighted by atomic mass is 10.2. The second-order valence-electron chi connectivity index (χ2n) is 5.92. The van der Waals surface area contributed by atoms with Crippen molar-refractivity contribution >= 4 is 13.1 Å². The van der Waals surface area contributed by atoms with Crippen LogP contribution in [0.25, 0.3) is 0 Å². The van der Waals surface area contributed by atoms with Crippen LogP contribution in [0.5, 0.6) is 0 Å². The van der Waals surface area contributed by atoms with Crippen LogP contribution < -0.4 is 0 Å². The maximum Gasteiger partial charge on any atom is 0.391 e. The van der Waals surface area contributed by atoms with Crippen LogP contribution in [0, 0.1) is 0 Å². The Hall–Kier alpha value is -1.22. The van der Waals surface area contributed by atoms with Crippen molar-refractivity contribution in [1.82, 2.24) is 0 Å². The molecule has 142 valence electrons. The van der Waals surface area contributed by atoms with Gasteiger partial charge in [0.05, 0.1) is 0 Å². The Morgan fingerprint density at radius 1 is 0.760 bits per heavy atom. The Bertz CT molecular complexity index is 498. The molecule has 5 heteroatoms. The third-order valence-electron chi connectivity index (χ3n) is 3.54. The van der Waals surface area contributed by atoms with E-state index in [1.54, 1.807) is 0 Å². The molecule has 25 heavy (non-hydrogen) atoms. The average Bonchev–Trinajstić information content (AvgIpc) is 2.56. The highest BCUT2D eigenvalue weighted by Crippen LogP contribution is 2.37. The third-order valence-corrected chi connectivity index (χ3v) is 4.42. The molecule has 0 rings (SSSR count). The van der Waals surface area contributed by atoms with Crippen LogP contribution in [-0.4, -0.2) is 15.3 Å². The molecule has 0 heterocycles. The number of allylic oxidation sites excluding steroid dienone is 8. The van der Waals surface area contributed by atoms with Crippen molar-refractivity contribution in [2.45, 2.75) is 71.1 Å². The van der Waals surface area contributed by atoms with Crippen molar-refractivity contribution in [3.8, 4) is 0 Å². The molecule has 0 spiro atoms. The lowest BCUT2D eigenvalue weighted by molar-refractivity contribution is -0.113. The summed E-state index contributed by atoms with van der Waals surface area (Å²) in [4.78, 5) is 28.3. The van der Waals surface area contributed by atoms with Gasteiger partial charge in [0.1, 0.15) is 0 Å². The summed E-state index contributed by atoms with van der Waals surface area (Å²) >= 11 is 0. The largest absolute Gasteiger partial charge is 0.391 e. The summed E-state index contributed by atoms with van der Waals surface area (Å²) in [6.07, 6.45) is 25.8. The summed E-state index contributed by atoms with van der Waals surface area (Å²) in [5, 5.41) is 0. The van der Waals surface area contributed by atoms with Gasteiger partial charge in [-0.2, -0.15) is 0 Å².